The number of imidazole rings is 1. The second kappa shape index (κ2) is 6.02. The standard InChI is InChI=1S/C19H21FN4O/c1-11-9-21-18(22-11)13-4-3-7-24(10-13)19(25)17-12(2)15-8-14(20)5-6-16(15)23-17/h5-6,8-9,13,23H,3-4,7,10H2,1-2H3,(H,21,22). The average molecular weight is 340 g/mol. The van der Waals surface area contributed by atoms with Crippen molar-refractivity contribution in [1.82, 2.24) is 19.9 Å². The van der Waals surface area contributed by atoms with Crippen molar-refractivity contribution in [3.05, 3.63) is 53.0 Å². The van der Waals surface area contributed by atoms with Gasteiger partial charge in [0.15, 0.2) is 0 Å². The first-order chi connectivity index (χ1) is 12.0. The van der Waals surface area contributed by atoms with E-state index in [4.69, 9.17) is 0 Å². The summed E-state index contributed by atoms with van der Waals surface area (Å²) in [5, 5.41) is 0.763. The van der Waals surface area contributed by atoms with Crippen LogP contribution in [0.2, 0.25) is 0 Å². The maximum Gasteiger partial charge on any atom is 0.270 e. The summed E-state index contributed by atoms with van der Waals surface area (Å²) in [6.07, 6.45) is 3.80. The van der Waals surface area contributed by atoms with Crippen molar-refractivity contribution in [3.8, 4) is 0 Å². The molecule has 0 aliphatic carbocycles. The normalized spacial score (nSPS) is 18.0. The number of aryl methyl sites for hydroxylation is 2. The van der Waals surface area contributed by atoms with Crippen molar-refractivity contribution in [1.29, 1.82) is 0 Å². The average Bonchev–Trinajstić information content (AvgIpc) is 3.19. The number of fused-ring (bicyclic) bond motifs is 1. The third kappa shape index (κ3) is 2.81. The number of nitrogens with one attached hydrogen (secondary N) is 2. The number of carbonyl (C=O) groups is 1. The number of benzene rings is 1. The molecule has 6 heteroatoms. The maximum absolute atomic E-state index is 13.5. The predicted molar refractivity (Wildman–Crippen MR) is 94.2 cm³/mol. The number of carbonyl (C=O) groups excluding carboxylic acids is 1. The van der Waals surface area contributed by atoms with E-state index in [2.05, 4.69) is 15.0 Å². The Morgan fingerprint density at radius 2 is 2.16 bits per heavy atom. The Bertz CT molecular complexity index is 942. The molecule has 25 heavy (non-hydrogen) atoms. The Morgan fingerprint density at radius 1 is 1.32 bits per heavy atom. The third-order valence-corrected chi connectivity index (χ3v) is 5.05. The van der Waals surface area contributed by atoms with Gasteiger partial charge in [-0.05, 0) is 50.5 Å². The molecular formula is C19H21FN4O. The van der Waals surface area contributed by atoms with E-state index in [9.17, 15) is 9.18 Å². The van der Waals surface area contributed by atoms with E-state index in [-0.39, 0.29) is 17.6 Å². The van der Waals surface area contributed by atoms with E-state index >= 15 is 0 Å². The molecule has 0 bridgehead atoms. The van der Waals surface area contributed by atoms with Gasteiger partial charge in [0.05, 0.1) is 0 Å². The van der Waals surface area contributed by atoms with Gasteiger partial charge in [-0.1, -0.05) is 0 Å². The number of rotatable bonds is 2. The van der Waals surface area contributed by atoms with Crippen LogP contribution in [-0.2, 0) is 0 Å². The number of hydrogen-bond donors (Lipinski definition) is 2. The summed E-state index contributed by atoms with van der Waals surface area (Å²) in [7, 11) is 0. The van der Waals surface area contributed by atoms with Crippen LogP contribution in [-0.4, -0.2) is 38.8 Å². The highest BCUT2D eigenvalue weighted by Crippen LogP contribution is 2.28. The van der Waals surface area contributed by atoms with Crippen LogP contribution in [0.1, 0.15) is 46.3 Å². The van der Waals surface area contributed by atoms with Gasteiger partial charge in [-0.15, -0.1) is 0 Å². The number of halogens is 1. The number of H-pyrrole nitrogens is 2. The van der Waals surface area contributed by atoms with Crippen molar-refractivity contribution in [2.75, 3.05) is 13.1 Å². The molecule has 2 N–H and O–H groups in total. The van der Waals surface area contributed by atoms with Gasteiger partial charge in [0.1, 0.15) is 17.3 Å². The van der Waals surface area contributed by atoms with Crippen LogP contribution in [0.25, 0.3) is 10.9 Å². The summed E-state index contributed by atoms with van der Waals surface area (Å²) in [6.45, 7) is 5.23. The first-order valence-electron chi connectivity index (χ1n) is 8.61. The molecule has 1 aromatic carbocycles. The summed E-state index contributed by atoms with van der Waals surface area (Å²) >= 11 is 0. The molecule has 130 valence electrons. The lowest BCUT2D eigenvalue weighted by atomic mass is 9.97. The summed E-state index contributed by atoms with van der Waals surface area (Å²) < 4.78 is 13.5. The second-order valence-corrected chi connectivity index (χ2v) is 6.86. The molecule has 3 aromatic rings. The summed E-state index contributed by atoms with van der Waals surface area (Å²) in [5.74, 6) is 0.862. The lowest BCUT2D eigenvalue weighted by Crippen LogP contribution is -2.39. The van der Waals surface area contributed by atoms with Gasteiger partial charge in [-0.3, -0.25) is 4.79 Å². The zero-order valence-corrected chi connectivity index (χ0v) is 14.4. The molecule has 1 unspecified atom stereocenters. The van der Waals surface area contributed by atoms with E-state index < -0.39 is 0 Å². The van der Waals surface area contributed by atoms with Crippen LogP contribution in [0.5, 0.6) is 0 Å². The minimum Gasteiger partial charge on any atom is -0.350 e. The quantitative estimate of drug-likeness (QED) is 0.747. The number of piperidine rings is 1. The van der Waals surface area contributed by atoms with E-state index in [0.717, 1.165) is 47.4 Å². The van der Waals surface area contributed by atoms with Gasteiger partial charge >= 0.3 is 0 Å². The Balaban J connectivity index is 1.61. The third-order valence-electron chi connectivity index (χ3n) is 5.05. The molecule has 5 nitrogen and oxygen atoms in total. The molecule has 1 aliphatic heterocycles. The van der Waals surface area contributed by atoms with E-state index in [0.29, 0.717) is 12.2 Å². The van der Waals surface area contributed by atoms with Gasteiger partial charge in [0, 0.05) is 41.8 Å². The Labute approximate surface area is 145 Å². The van der Waals surface area contributed by atoms with Crippen LogP contribution in [0, 0.1) is 19.7 Å². The van der Waals surface area contributed by atoms with Crippen molar-refractivity contribution in [3.63, 3.8) is 0 Å². The van der Waals surface area contributed by atoms with Crippen molar-refractivity contribution >= 4 is 16.8 Å². The SMILES string of the molecule is Cc1cnc(C2CCCN(C(=O)c3[nH]c4ccc(F)cc4c3C)C2)[nH]1. The smallest absolute Gasteiger partial charge is 0.270 e. The molecule has 0 radical (unpaired) electrons. The van der Waals surface area contributed by atoms with E-state index in [1.54, 1.807) is 6.07 Å². The molecule has 1 saturated heterocycles. The first kappa shape index (κ1) is 15.9. The zero-order valence-electron chi connectivity index (χ0n) is 14.4. The molecule has 1 aliphatic rings. The van der Waals surface area contributed by atoms with Crippen LogP contribution in [0.4, 0.5) is 4.39 Å². The maximum atomic E-state index is 13.5. The monoisotopic (exact) mass is 340 g/mol. The fraction of sp³-hybridized carbons (Fsp3) is 0.368. The van der Waals surface area contributed by atoms with Crippen LogP contribution >= 0.6 is 0 Å². The second-order valence-electron chi connectivity index (χ2n) is 6.86. The Kier molecular flexibility index (Phi) is 3.82. The van der Waals surface area contributed by atoms with Crippen LogP contribution in [0.3, 0.4) is 0 Å². The minimum absolute atomic E-state index is 0.0258. The molecule has 2 aromatic heterocycles. The highest BCUT2D eigenvalue weighted by molar-refractivity contribution is 6.01. The number of nitrogens with zero attached hydrogens (tertiary/aromatic N) is 2. The number of likely N-dealkylation sites (tertiary alicyclic amines) is 1. The molecule has 1 amide bonds. The Hall–Kier alpha value is -2.63. The summed E-state index contributed by atoms with van der Waals surface area (Å²) in [4.78, 5) is 25.8. The molecule has 4 rings (SSSR count). The van der Waals surface area contributed by atoms with E-state index in [1.165, 1.54) is 12.1 Å². The molecular weight excluding hydrogens is 319 g/mol. The molecule has 3 heterocycles. The van der Waals surface area contributed by atoms with Gasteiger partial charge in [0.25, 0.3) is 5.91 Å². The zero-order chi connectivity index (χ0) is 17.6. The fourth-order valence-electron chi connectivity index (χ4n) is 3.70. The summed E-state index contributed by atoms with van der Waals surface area (Å²) in [5.41, 5.74) is 3.18. The van der Waals surface area contributed by atoms with Crippen molar-refractivity contribution in [2.45, 2.75) is 32.6 Å². The highest BCUT2D eigenvalue weighted by Gasteiger charge is 2.28. The van der Waals surface area contributed by atoms with Gasteiger partial charge in [-0.25, -0.2) is 9.37 Å². The minimum atomic E-state index is -0.292. The van der Waals surface area contributed by atoms with Crippen molar-refractivity contribution < 1.29 is 9.18 Å². The van der Waals surface area contributed by atoms with Gasteiger partial charge in [-0.2, -0.15) is 0 Å². The topological polar surface area (TPSA) is 64.8 Å². The molecule has 0 saturated carbocycles. The van der Waals surface area contributed by atoms with Crippen LogP contribution in [0.15, 0.2) is 24.4 Å². The predicted octanol–water partition coefficient (Wildman–Crippen LogP) is 3.67. The largest absolute Gasteiger partial charge is 0.350 e. The summed E-state index contributed by atoms with van der Waals surface area (Å²) in [6, 6.07) is 4.56. The Morgan fingerprint density at radius 3 is 2.92 bits per heavy atom. The lowest BCUT2D eigenvalue weighted by Gasteiger charge is -2.31. The molecule has 1 fully saturated rings. The van der Waals surface area contributed by atoms with Crippen molar-refractivity contribution in [2.24, 2.45) is 0 Å². The number of aromatic amines is 2. The van der Waals surface area contributed by atoms with Crippen LogP contribution < -0.4 is 0 Å². The molecule has 1 atom stereocenters. The molecule has 0 spiro atoms. The number of hydrogen-bond acceptors (Lipinski definition) is 2. The lowest BCUT2D eigenvalue weighted by molar-refractivity contribution is 0.0699. The van der Waals surface area contributed by atoms with E-state index in [1.807, 2.05) is 24.9 Å². The van der Waals surface area contributed by atoms with Gasteiger partial charge < -0.3 is 14.9 Å². The number of aromatic nitrogens is 3. The highest BCUT2D eigenvalue weighted by atomic mass is 19.1. The fourth-order valence-corrected chi connectivity index (χ4v) is 3.70. The van der Waals surface area contributed by atoms with Gasteiger partial charge in [0.2, 0.25) is 0 Å². The first-order valence-corrected chi connectivity index (χ1v) is 8.61. The number of amides is 1.